The maximum atomic E-state index is 5.44. The van der Waals surface area contributed by atoms with E-state index in [9.17, 15) is 0 Å². The van der Waals surface area contributed by atoms with Crippen LogP contribution in [-0.4, -0.2) is 27.9 Å². The Bertz CT molecular complexity index is 565. The van der Waals surface area contributed by atoms with Gasteiger partial charge in [0, 0.05) is 36.9 Å². The second-order valence-corrected chi connectivity index (χ2v) is 5.47. The van der Waals surface area contributed by atoms with Crippen LogP contribution in [0.15, 0.2) is 23.0 Å². The van der Waals surface area contributed by atoms with E-state index >= 15 is 0 Å². The van der Waals surface area contributed by atoms with Gasteiger partial charge in [0.15, 0.2) is 0 Å². The number of rotatable bonds is 4. The van der Waals surface area contributed by atoms with E-state index in [0.29, 0.717) is 11.8 Å². The summed E-state index contributed by atoms with van der Waals surface area (Å²) in [5.74, 6) is 3.19. The molecule has 0 spiro atoms. The summed E-state index contributed by atoms with van der Waals surface area (Å²) in [6.45, 7) is 2.36. The van der Waals surface area contributed by atoms with Gasteiger partial charge in [0.25, 0.3) is 0 Å². The molecule has 0 radical (unpaired) electrons. The van der Waals surface area contributed by atoms with Gasteiger partial charge in [0.05, 0.1) is 13.2 Å². The summed E-state index contributed by atoms with van der Waals surface area (Å²) in [6.07, 6.45) is 7.41. The van der Waals surface area contributed by atoms with Crippen molar-refractivity contribution in [2.75, 3.05) is 13.2 Å². The molecule has 0 unspecified atom stereocenters. The summed E-state index contributed by atoms with van der Waals surface area (Å²) in [7, 11) is 0. The van der Waals surface area contributed by atoms with Crippen molar-refractivity contribution in [3.8, 4) is 0 Å². The average Bonchev–Trinajstić information content (AvgIpc) is 2.89. The third-order valence-corrected chi connectivity index (χ3v) is 3.93. The SMILES string of the molecule is c1cn(Cc2cc(C3CC3)on2)c([C@@H]2CCOC2)n1. The summed E-state index contributed by atoms with van der Waals surface area (Å²) in [5, 5.41) is 4.17. The fourth-order valence-corrected chi connectivity index (χ4v) is 2.69. The van der Waals surface area contributed by atoms with Crippen molar-refractivity contribution >= 4 is 0 Å². The van der Waals surface area contributed by atoms with Gasteiger partial charge in [-0.2, -0.15) is 0 Å². The summed E-state index contributed by atoms with van der Waals surface area (Å²) >= 11 is 0. The van der Waals surface area contributed by atoms with Crippen LogP contribution >= 0.6 is 0 Å². The highest BCUT2D eigenvalue weighted by Gasteiger charge is 2.28. The zero-order valence-corrected chi connectivity index (χ0v) is 10.8. The first-order valence-electron chi connectivity index (χ1n) is 6.94. The summed E-state index contributed by atoms with van der Waals surface area (Å²) in [5.41, 5.74) is 0.986. The lowest BCUT2D eigenvalue weighted by Gasteiger charge is -2.10. The predicted molar refractivity (Wildman–Crippen MR) is 68.0 cm³/mol. The minimum atomic E-state index is 0.421. The van der Waals surface area contributed by atoms with Crippen LogP contribution in [-0.2, 0) is 11.3 Å². The molecule has 0 aromatic carbocycles. The highest BCUT2D eigenvalue weighted by molar-refractivity contribution is 5.15. The molecule has 2 aromatic rings. The molecule has 1 atom stereocenters. The van der Waals surface area contributed by atoms with E-state index in [-0.39, 0.29) is 0 Å². The lowest BCUT2D eigenvalue weighted by atomic mass is 10.1. The summed E-state index contributed by atoms with van der Waals surface area (Å²) < 4.78 is 13.0. The fourth-order valence-electron chi connectivity index (χ4n) is 2.69. The normalized spacial score (nSPS) is 23.1. The number of hydrogen-bond acceptors (Lipinski definition) is 4. The van der Waals surface area contributed by atoms with E-state index in [4.69, 9.17) is 9.26 Å². The molecular weight excluding hydrogens is 242 g/mol. The van der Waals surface area contributed by atoms with Gasteiger partial charge in [-0.3, -0.25) is 0 Å². The van der Waals surface area contributed by atoms with Crippen molar-refractivity contribution in [2.45, 2.75) is 37.6 Å². The van der Waals surface area contributed by atoms with Crippen LogP contribution in [0, 0.1) is 0 Å². The number of imidazole rings is 1. The van der Waals surface area contributed by atoms with Crippen molar-refractivity contribution in [3.63, 3.8) is 0 Å². The van der Waals surface area contributed by atoms with Crippen molar-refractivity contribution in [3.05, 3.63) is 35.7 Å². The third-order valence-electron chi connectivity index (χ3n) is 3.93. The molecule has 4 rings (SSSR count). The van der Waals surface area contributed by atoms with Gasteiger partial charge < -0.3 is 13.8 Å². The molecule has 1 aliphatic heterocycles. The number of hydrogen-bond donors (Lipinski definition) is 0. The molecule has 19 heavy (non-hydrogen) atoms. The fraction of sp³-hybridized carbons (Fsp3) is 0.571. The summed E-state index contributed by atoms with van der Waals surface area (Å²) in [4.78, 5) is 4.47. The molecular formula is C14H17N3O2. The van der Waals surface area contributed by atoms with Crippen molar-refractivity contribution < 1.29 is 9.26 Å². The molecule has 5 nitrogen and oxygen atoms in total. The number of aromatic nitrogens is 3. The Balaban J connectivity index is 1.53. The van der Waals surface area contributed by atoms with Crippen LogP contribution in [0.25, 0.3) is 0 Å². The zero-order valence-electron chi connectivity index (χ0n) is 10.8. The maximum absolute atomic E-state index is 5.44. The van der Waals surface area contributed by atoms with E-state index < -0.39 is 0 Å². The third kappa shape index (κ3) is 2.18. The van der Waals surface area contributed by atoms with Crippen LogP contribution in [0.2, 0.25) is 0 Å². The number of nitrogens with zero attached hydrogens (tertiary/aromatic N) is 3. The van der Waals surface area contributed by atoms with Crippen LogP contribution in [0.4, 0.5) is 0 Å². The van der Waals surface area contributed by atoms with Crippen LogP contribution in [0.3, 0.4) is 0 Å². The molecule has 5 heteroatoms. The second-order valence-electron chi connectivity index (χ2n) is 5.47. The molecule has 1 saturated heterocycles. The van der Waals surface area contributed by atoms with Gasteiger partial charge in [-0.25, -0.2) is 4.98 Å². The standard InChI is InChI=1S/C14H17N3O2/c1-2-10(1)13-7-12(16-19-13)8-17-5-4-15-14(17)11-3-6-18-9-11/h4-5,7,10-11H,1-3,6,8-9H2/t11-/m1/s1. The highest BCUT2D eigenvalue weighted by Crippen LogP contribution is 2.40. The molecule has 1 aliphatic carbocycles. The molecule has 2 fully saturated rings. The van der Waals surface area contributed by atoms with Crippen LogP contribution in [0.1, 0.15) is 48.4 Å². The molecule has 1 saturated carbocycles. The summed E-state index contributed by atoms with van der Waals surface area (Å²) in [6, 6.07) is 2.09. The maximum Gasteiger partial charge on any atom is 0.140 e. The van der Waals surface area contributed by atoms with Gasteiger partial charge >= 0.3 is 0 Å². The quantitative estimate of drug-likeness (QED) is 0.845. The highest BCUT2D eigenvalue weighted by atomic mass is 16.5. The minimum absolute atomic E-state index is 0.421. The van der Waals surface area contributed by atoms with E-state index in [0.717, 1.165) is 43.5 Å². The Morgan fingerprint density at radius 1 is 1.26 bits per heavy atom. The van der Waals surface area contributed by atoms with Crippen LogP contribution < -0.4 is 0 Å². The zero-order chi connectivity index (χ0) is 12.7. The monoisotopic (exact) mass is 259 g/mol. The van der Waals surface area contributed by atoms with Crippen molar-refractivity contribution in [1.29, 1.82) is 0 Å². The molecule has 0 N–H and O–H groups in total. The Morgan fingerprint density at radius 3 is 3.00 bits per heavy atom. The largest absolute Gasteiger partial charge is 0.381 e. The van der Waals surface area contributed by atoms with Crippen LogP contribution in [0.5, 0.6) is 0 Å². The first kappa shape index (κ1) is 11.2. The first-order valence-corrected chi connectivity index (χ1v) is 6.94. The van der Waals surface area contributed by atoms with Gasteiger partial charge in [-0.05, 0) is 19.3 Å². The Labute approximate surface area is 111 Å². The molecule has 100 valence electrons. The first-order chi connectivity index (χ1) is 9.40. The molecule has 0 bridgehead atoms. The lowest BCUT2D eigenvalue weighted by molar-refractivity contribution is 0.192. The average molecular weight is 259 g/mol. The molecule has 2 aromatic heterocycles. The lowest BCUT2D eigenvalue weighted by Crippen LogP contribution is -2.10. The van der Waals surface area contributed by atoms with Crippen molar-refractivity contribution in [2.24, 2.45) is 0 Å². The van der Waals surface area contributed by atoms with Crippen molar-refractivity contribution in [1.82, 2.24) is 14.7 Å². The Morgan fingerprint density at radius 2 is 2.21 bits per heavy atom. The molecule has 3 heterocycles. The van der Waals surface area contributed by atoms with E-state index in [1.54, 1.807) is 0 Å². The van der Waals surface area contributed by atoms with E-state index in [2.05, 4.69) is 20.8 Å². The Kier molecular flexibility index (Phi) is 2.65. The second kappa shape index (κ2) is 4.49. The van der Waals surface area contributed by atoms with Gasteiger partial charge in [0.2, 0.25) is 0 Å². The van der Waals surface area contributed by atoms with Gasteiger partial charge in [0.1, 0.15) is 17.3 Å². The Hall–Kier alpha value is -1.62. The topological polar surface area (TPSA) is 53.1 Å². The van der Waals surface area contributed by atoms with Gasteiger partial charge in [-0.15, -0.1) is 0 Å². The van der Waals surface area contributed by atoms with Gasteiger partial charge in [-0.1, -0.05) is 5.16 Å². The van der Waals surface area contributed by atoms with E-state index in [1.165, 1.54) is 12.8 Å². The molecule has 2 aliphatic rings. The smallest absolute Gasteiger partial charge is 0.140 e. The minimum Gasteiger partial charge on any atom is -0.381 e. The molecule has 0 amide bonds. The predicted octanol–water partition coefficient (Wildman–Crippen LogP) is 2.30. The van der Waals surface area contributed by atoms with E-state index in [1.807, 2.05) is 12.4 Å². The number of ether oxygens (including phenoxy) is 1.